The average Bonchev–Trinajstić information content (AvgIpc) is 3.09. The molecule has 2 aromatic heterocycles. The van der Waals surface area contributed by atoms with Crippen molar-refractivity contribution in [3.05, 3.63) is 40.7 Å². The molecule has 3 nitrogen and oxygen atoms in total. The number of nitrogens with zero attached hydrogens (tertiary/aromatic N) is 2. The molecule has 0 spiro atoms. The zero-order valence-corrected chi connectivity index (χ0v) is 14.7. The zero-order valence-electron chi connectivity index (χ0n) is 13.0. The van der Waals surface area contributed by atoms with Crippen LogP contribution in [0.2, 0.25) is 0 Å². The molecule has 5 heteroatoms. The number of thiophene rings is 1. The van der Waals surface area contributed by atoms with Crippen LogP contribution < -0.4 is 0 Å². The second-order valence-corrected chi connectivity index (χ2v) is 6.86. The highest BCUT2D eigenvalue weighted by molar-refractivity contribution is 7.20. The molecule has 0 aliphatic rings. The second-order valence-electron chi connectivity index (χ2n) is 4.79. The monoisotopic (exact) mass is 322 g/mol. The largest absolute Gasteiger partial charge is 0.341 e. The van der Waals surface area contributed by atoms with Gasteiger partial charge >= 0.3 is 0 Å². The fourth-order valence-corrected chi connectivity index (χ4v) is 3.01. The van der Waals surface area contributed by atoms with Crippen molar-refractivity contribution in [1.82, 2.24) is 9.88 Å². The first kappa shape index (κ1) is 17.6. The van der Waals surface area contributed by atoms with Crippen LogP contribution in [-0.2, 0) is 11.3 Å². The molecule has 0 bridgehead atoms. The maximum atomic E-state index is 11.1. The number of hydrogen-bond donors (Lipinski definition) is 0. The minimum Gasteiger partial charge on any atom is -0.341 e. The summed E-state index contributed by atoms with van der Waals surface area (Å²) in [6.45, 7) is 10.0. The van der Waals surface area contributed by atoms with Crippen LogP contribution in [0.1, 0.15) is 32.1 Å². The van der Waals surface area contributed by atoms with Crippen LogP contribution in [-0.4, -0.2) is 22.8 Å². The molecule has 2 aromatic rings. The van der Waals surface area contributed by atoms with Gasteiger partial charge in [-0.3, -0.25) is 4.79 Å². The third-order valence-corrected chi connectivity index (χ3v) is 4.84. The molecular formula is C16H22N2OS2. The molecule has 0 atom stereocenters. The third kappa shape index (κ3) is 6.23. The highest BCUT2D eigenvalue weighted by atomic mass is 32.1. The molecule has 21 heavy (non-hydrogen) atoms. The summed E-state index contributed by atoms with van der Waals surface area (Å²) in [6, 6.07) is 4.07. The minimum absolute atomic E-state index is 0.0751. The number of rotatable bonds is 4. The summed E-state index contributed by atoms with van der Waals surface area (Å²) in [7, 11) is 1.80. The zero-order chi connectivity index (χ0) is 15.8. The van der Waals surface area contributed by atoms with Crippen molar-refractivity contribution in [1.29, 1.82) is 0 Å². The molecule has 0 fully saturated rings. The van der Waals surface area contributed by atoms with Gasteiger partial charge in [0.05, 0.1) is 11.4 Å². The van der Waals surface area contributed by atoms with Crippen molar-refractivity contribution in [2.24, 2.45) is 0 Å². The lowest BCUT2D eigenvalue weighted by molar-refractivity contribution is -0.128. The second kappa shape index (κ2) is 8.74. The first-order valence-electron chi connectivity index (χ1n) is 6.78. The van der Waals surface area contributed by atoms with E-state index in [2.05, 4.69) is 24.6 Å². The van der Waals surface area contributed by atoms with Gasteiger partial charge in [0.1, 0.15) is 5.01 Å². The molecule has 0 aliphatic carbocycles. The van der Waals surface area contributed by atoms with E-state index in [-0.39, 0.29) is 5.91 Å². The summed E-state index contributed by atoms with van der Waals surface area (Å²) in [5.41, 5.74) is 1.25. The SMILES string of the molecule is C=C(C)CC.CC(=O)N(C)Cc1cnc(-c2cccs2)s1. The first-order chi connectivity index (χ1) is 9.93. The molecule has 1 amide bonds. The molecule has 0 saturated carbocycles. The van der Waals surface area contributed by atoms with Crippen molar-refractivity contribution in [3.63, 3.8) is 0 Å². The Morgan fingerprint density at radius 2 is 2.10 bits per heavy atom. The number of thiazole rings is 1. The fourth-order valence-electron chi connectivity index (χ4n) is 1.24. The van der Waals surface area contributed by atoms with Crippen LogP contribution in [0.3, 0.4) is 0 Å². The molecule has 0 N–H and O–H groups in total. The number of allylic oxidation sites excluding steroid dienone is 1. The Bertz CT molecular complexity index is 573. The predicted octanol–water partition coefficient (Wildman–Crippen LogP) is 4.82. The number of amides is 1. The maximum Gasteiger partial charge on any atom is 0.219 e. The van der Waals surface area contributed by atoms with Gasteiger partial charge in [-0.2, -0.15) is 0 Å². The normalized spacial score (nSPS) is 9.71. The average molecular weight is 322 g/mol. The van der Waals surface area contributed by atoms with Crippen LogP contribution in [0.25, 0.3) is 9.88 Å². The topological polar surface area (TPSA) is 33.2 Å². The van der Waals surface area contributed by atoms with Gasteiger partial charge in [0.15, 0.2) is 0 Å². The Morgan fingerprint density at radius 1 is 1.43 bits per heavy atom. The van der Waals surface area contributed by atoms with Gasteiger partial charge in [-0.05, 0) is 24.8 Å². The van der Waals surface area contributed by atoms with E-state index in [4.69, 9.17) is 0 Å². The fraction of sp³-hybridized carbons (Fsp3) is 0.375. The smallest absolute Gasteiger partial charge is 0.219 e. The van der Waals surface area contributed by atoms with Crippen LogP contribution in [0.15, 0.2) is 35.9 Å². The Morgan fingerprint density at radius 3 is 2.57 bits per heavy atom. The molecule has 114 valence electrons. The maximum absolute atomic E-state index is 11.1. The van der Waals surface area contributed by atoms with Crippen molar-refractivity contribution in [2.45, 2.75) is 33.7 Å². The predicted molar refractivity (Wildman–Crippen MR) is 92.7 cm³/mol. The molecule has 2 rings (SSSR count). The summed E-state index contributed by atoms with van der Waals surface area (Å²) < 4.78 is 0. The van der Waals surface area contributed by atoms with Crippen LogP contribution >= 0.6 is 22.7 Å². The van der Waals surface area contributed by atoms with Gasteiger partial charge in [-0.25, -0.2) is 4.98 Å². The van der Waals surface area contributed by atoms with E-state index >= 15 is 0 Å². The van der Waals surface area contributed by atoms with E-state index in [1.807, 2.05) is 24.6 Å². The Labute approximate surface area is 135 Å². The van der Waals surface area contributed by atoms with Gasteiger partial charge in [0.2, 0.25) is 5.91 Å². The number of carbonyl (C=O) groups excluding carboxylic acids is 1. The summed E-state index contributed by atoms with van der Waals surface area (Å²) in [5, 5.41) is 3.07. The van der Waals surface area contributed by atoms with E-state index in [9.17, 15) is 4.79 Å². The van der Waals surface area contributed by atoms with Gasteiger partial charge in [0.25, 0.3) is 0 Å². The molecular weight excluding hydrogens is 300 g/mol. The van der Waals surface area contributed by atoms with Crippen molar-refractivity contribution in [2.75, 3.05) is 7.05 Å². The number of hydrogen-bond acceptors (Lipinski definition) is 4. The molecule has 0 aliphatic heterocycles. The summed E-state index contributed by atoms with van der Waals surface area (Å²) in [5.74, 6) is 0.0751. The quantitative estimate of drug-likeness (QED) is 0.756. The lowest BCUT2D eigenvalue weighted by atomic mass is 10.3. The Kier molecular flexibility index (Phi) is 7.32. The van der Waals surface area contributed by atoms with Gasteiger partial charge in [0, 0.05) is 25.0 Å². The van der Waals surface area contributed by atoms with Crippen LogP contribution in [0.5, 0.6) is 0 Å². The van der Waals surface area contributed by atoms with E-state index in [1.54, 1.807) is 41.5 Å². The molecule has 0 saturated heterocycles. The summed E-state index contributed by atoms with van der Waals surface area (Å²) in [4.78, 5) is 19.4. The van der Waals surface area contributed by atoms with E-state index in [1.165, 1.54) is 10.5 Å². The highest BCUT2D eigenvalue weighted by Crippen LogP contribution is 2.29. The molecule has 0 aromatic carbocycles. The lowest BCUT2D eigenvalue weighted by Gasteiger charge is -2.12. The van der Waals surface area contributed by atoms with Crippen LogP contribution in [0.4, 0.5) is 0 Å². The Hall–Kier alpha value is -1.46. The number of carbonyl (C=O) groups is 1. The summed E-state index contributed by atoms with van der Waals surface area (Å²) in [6.07, 6.45) is 2.96. The highest BCUT2D eigenvalue weighted by Gasteiger charge is 2.08. The lowest BCUT2D eigenvalue weighted by Crippen LogP contribution is -2.22. The van der Waals surface area contributed by atoms with Crippen molar-refractivity contribution in [3.8, 4) is 9.88 Å². The van der Waals surface area contributed by atoms with Gasteiger partial charge in [-0.15, -0.1) is 29.3 Å². The molecule has 0 radical (unpaired) electrons. The van der Waals surface area contributed by atoms with Crippen LogP contribution in [0, 0.1) is 0 Å². The summed E-state index contributed by atoms with van der Waals surface area (Å²) >= 11 is 3.32. The first-order valence-corrected chi connectivity index (χ1v) is 8.48. The Balaban J connectivity index is 0.000000383. The van der Waals surface area contributed by atoms with E-state index < -0.39 is 0 Å². The molecule has 2 heterocycles. The molecule has 0 unspecified atom stereocenters. The van der Waals surface area contributed by atoms with Gasteiger partial charge < -0.3 is 4.90 Å². The van der Waals surface area contributed by atoms with Crippen molar-refractivity contribution >= 4 is 28.6 Å². The van der Waals surface area contributed by atoms with E-state index in [0.29, 0.717) is 6.54 Å². The third-order valence-electron chi connectivity index (χ3n) is 2.82. The standard InChI is InChI=1S/C11H12N2OS2.C5H10/c1-8(14)13(2)7-9-6-12-11(16-9)10-4-3-5-15-10;1-4-5(2)3/h3-6H,7H2,1-2H3;2,4H2,1,3H3. The van der Waals surface area contributed by atoms with Crippen molar-refractivity contribution < 1.29 is 4.79 Å². The minimum atomic E-state index is 0.0751. The number of aromatic nitrogens is 1. The van der Waals surface area contributed by atoms with E-state index in [0.717, 1.165) is 16.3 Å². The van der Waals surface area contributed by atoms with Gasteiger partial charge in [-0.1, -0.05) is 18.6 Å².